The third-order valence-electron chi connectivity index (χ3n) is 4.37. The van der Waals surface area contributed by atoms with Crippen LogP contribution < -0.4 is 15.0 Å². The highest BCUT2D eigenvalue weighted by molar-refractivity contribution is 5.81. The van der Waals surface area contributed by atoms with E-state index in [2.05, 4.69) is 15.2 Å². The Hall–Kier alpha value is -3.94. The number of ether oxygens (including phenoxy) is 2. The van der Waals surface area contributed by atoms with E-state index in [9.17, 15) is 4.79 Å². The zero-order chi connectivity index (χ0) is 18.9. The molecular weight excluding hydrogens is 358 g/mol. The molecule has 0 amide bonds. The number of benzene rings is 2. The van der Waals surface area contributed by atoms with Crippen molar-refractivity contribution in [3.8, 4) is 17.2 Å². The minimum absolute atomic E-state index is 0.291. The van der Waals surface area contributed by atoms with Crippen molar-refractivity contribution in [2.75, 3.05) is 13.2 Å². The van der Waals surface area contributed by atoms with Gasteiger partial charge in [0, 0.05) is 0 Å². The van der Waals surface area contributed by atoms with Gasteiger partial charge < -0.3 is 9.47 Å². The number of fused-ring (bicyclic) bond motifs is 2. The van der Waals surface area contributed by atoms with Crippen molar-refractivity contribution in [2.45, 2.75) is 0 Å². The van der Waals surface area contributed by atoms with Crippen LogP contribution in [0.4, 0.5) is 0 Å². The lowest BCUT2D eigenvalue weighted by Crippen LogP contribution is -2.17. The van der Waals surface area contributed by atoms with E-state index in [1.807, 2.05) is 48.5 Å². The fourth-order valence-corrected chi connectivity index (χ4v) is 3.01. The summed E-state index contributed by atoms with van der Waals surface area (Å²) in [4.78, 5) is 17.1. The molecule has 5 rings (SSSR count). The summed E-state index contributed by atoms with van der Waals surface area (Å²) in [6.45, 7) is 1.05. The lowest BCUT2D eigenvalue weighted by Gasteiger charge is -2.18. The van der Waals surface area contributed by atoms with Crippen molar-refractivity contribution in [2.24, 2.45) is 5.10 Å². The van der Waals surface area contributed by atoms with Gasteiger partial charge in [-0.3, -0.25) is 4.79 Å². The molecule has 0 fully saturated rings. The van der Waals surface area contributed by atoms with Gasteiger partial charge in [0.25, 0.3) is 5.56 Å². The van der Waals surface area contributed by atoms with E-state index in [1.54, 1.807) is 10.9 Å². The summed E-state index contributed by atoms with van der Waals surface area (Å²) in [7, 11) is 0. The van der Waals surface area contributed by atoms with E-state index in [4.69, 9.17) is 9.47 Å². The van der Waals surface area contributed by atoms with Gasteiger partial charge in [-0.15, -0.1) is 0 Å². The Bertz CT molecular complexity index is 1240. The number of para-hydroxylation sites is 1. The maximum Gasteiger partial charge on any atom is 0.285 e. The van der Waals surface area contributed by atoms with Crippen LogP contribution in [-0.2, 0) is 0 Å². The second kappa shape index (κ2) is 6.66. The highest BCUT2D eigenvalue weighted by Crippen LogP contribution is 2.30. The molecule has 3 heterocycles. The van der Waals surface area contributed by atoms with Crippen LogP contribution in [-0.4, -0.2) is 38.9 Å². The zero-order valence-electron chi connectivity index (χ0n) is 14.7. The molecule has 0 N–H and O–H groups in total. The standard InChI is InChI=1S/C20H15N5O3/c26-20-16-12-23-25(15-4-2-1-3-5-15)19(16)21-13-24(20)22-11-14-6-7-17-18(10-14)28-9-8-27-17/h1-7,10-13H,8-9H2. The van der Waals surface area contributed by atoms with Crippen LogP contribution in [0.3, 0.4) is 0 Å². The third-order valence-corrected chi connectivity index (χ3v) is 4.37. The van der Waals surface area contributed by atoms with E-state index in [0.29, 0.717) is 35.7 Å². The first-order valence-electron chi connectivity index (χ1n) is 8.74. The lowest BCUT2D eigenvalue weighted by atomic mass is 10.2. The van der Waals surface area contributed by atoms with Crippen LogP contribution in [0, 0.1) is 0 Å². The first-order chi connectivity index (χ1) is 13.8. The predicted octanol–water partition coefficient (Wildman–Crippen LogP) is 2.24. The van der Waals surface area contributed by atoms with Gasteiger partial charge in [0.05, 0.1) is 18.1 Å². The van der Waals surface area contributed by atoms with E-state index in [0.717, 1.165) is 11.3 Å². The lowest BCUT2D eigenvalue weighted by molar-refractivity contribution is 0.171. The summed E-state index contributed by atoms with van der Waals surface area (Å²) in [6, 6.07) is 15.0. The Labute approximate surface area is 159 Å². The monoisotopic (exact) mass is 373 g/mol. The highest BCUT2D eigenvalue weighted by Gasteiger charge is 2.12. The minimum Gasteiger partial charge on any atom is -0.486 e. The van der Waals surface area contributed by atoms with E-state index >= 15 is 0 Å². The molecule has 8 heteroatoms. The molecule has 1 aliphatic heterocycles. The maximum atomic E-state index is 12.7. The van der Waals surface area contributed by atoms with Crippen LogP contribution >= 0.6 is 0 Å². The highest BCUT2D eigenvalue weighted by atomic mass is 16.6. The zero-order valence-corrected chi connectivity index (χ0v) is 14.7. The summed E-state index contributed by atoms with van der Waals surface area (Å²) >= 11 is 0. The molecule has 2 aromatic heterocycles. The summed E-state index contributed by atoms with van der Waals surface area (Å²) in [6.07, 6.45) is 4.48. The predicted molar refractivity (Wildman–Crippen MR) is 104 cm³/mol. The smallest absolute Gasteiger partial charge is 0.285 e. The molecule has 0 saturated carbocycles. The average Bonchev–Trinajstić information content (AvgIpc) is 3.19. The Morgan fingerprint density at radius 1 is 1.04 bits per heavy atom. The Morgan fingerprint density at radius 3 is 2.71 bits per heavy atom. The van der Waals surface area contributed by atoms with Crippen molar-refractivity contribution < 1.29 is 9.47 Å². The van der Waals surface area contributed by atoms with Gasteiger partial charge in [-0.1, -0.05) is 18.2 Å². The number of hydrogen-bond acceptors (Lipinski definition) is 6. The van der Waals surface area contributed by atoms with Gasteiger partial charge in [-0.2, -0.15) is 14.9 Å². The van der Waals surface area contributed by atoms with Crippen molar-refractivity contribution in [1.29, 1.82) is 0 Å². The van der Waals surface area contributed by atoms with E-state index in [1.165, 1.54) is 17.2 Å². The summed E-state index contributed by atoms with van der Waals surface area (Å²) < 4.78 is 13.9. The molecule has 28 heavy (non-hydrogen) atoms. The summed E-state index contributed by atoms with van der Waals surface area (Å²) in [5.41, 5.74) is 1.82. The largest absolute Gasteiger partial charge is 0.486 e. The first-order valence-corrected chi connectivity index (χ1v) is 8.74. The number of nitrogens with zero attached hydrogens (tertiary/aromatic N) is 5. The van der Waals surface area contributed by atoms with E-state index < -0.39 is 0 Å². The maximum absolute atomic E-state index is 12.7. The molecular formula is C20H15N5O3. The van der Waals surface area contributed by atoms with Crippen LogP contribution in [0.15, 0.2) is 71.0 Å². The molecule has 0 spiro atoms. The SMILES string of the molecule is O=c1c2cnn(-c3ccccc3)c2ncn1N=Cc1ccc2c(c1)OCCO2. The number of rotatable bonds is 3. The number of aromatic nitrogens is 4. The van der Waals surface area contributed by atoms with Gasteiger partial charge >= 0.3 is 0 Å². The molecule has 8 nitrogen and oxygen atoms in total. The molecule has 1 aliphatic rings. The Kier molecular flexibility index (Phi) is 3.86. The molecule has 0 saturated heterocycles. The molecule has 0 atom stereocenters. The van der Waals surface area contributed by atoms with Crippen molar-refractivity contribution in [3.63, 3.8) is 0 Å². The van der Waals surface area contributed by atoms with Gasteiger partial charge in [0.15, 0.2) is 17.1 Å². The molecule has 4 aromatic rings. The van der Waals surface area contributed by atoms with Crippen LogP contribution in [0.25, 0.3) is 16.7 Å². The second-order valence-corrected chi connectivity index (χ2v) is 6.17. The molecule has 2 aromatic carbocycles. The quantitative estimate of drug-likeness (QED) is 0.514. The summed E-state index contributed by atoms with van der Waals surface area (Å²) in [5.74, 6) is 1.37. The van der Waals surface area contributed by atoms with Crippen molar-refractivity contribution in [3.05, 3.63) is 77.0 Å². The van der Waals surface area contributed by atoms with Gasteiger partial charge in [0.2, 0.25) is 0 Å². The van der Waals surface area contributed by atoms with Gasteiger partial charge in [-0.05, 0) is 35.9 Å². The van der Waals surface area contributed by atoms with Crippen LogP contribution in [0.1, 0.15) is 5.56 Å². The topological polar surface area (TPSA) is 83.5 Å². The van der Waals surface area contributed by atoms with Gasteiger partial charge in [-0.25, -0.2) is 9.67 Å². The molecule has 0 aliphatic carbocycles. The molecule has 0 radical (unpaired) electrons. The molecule has 0 bridgehead atoms. The minimum atomic E-state index is -0.291. The fourth-order valence-electron chi connectivity index (χ4n) is 3.01. The second-order valence-electron chi connectivity index (χ2n) is 6.17. The first kappa shape index (κ1) is 16.2. The fraction of sp³-hybridized carbons (Fsp3) is 0.100. The van der Waals surface area contributed by atoms with E-state index in [-0.39, 0.29) is 5.56 Å². The normalized spacial score (nSPS) is 13.3. The average molecular weight is 373 g/mol. The van der Waals surface area contributed by atoms with Crippen molar-refractivity contribution in [1.82, 2.24) is 19.4 Å². The third kappa shape index (κ3) is 2.81. The number of hydrogen-bond donors (Lipinski definition) is 0. The van der Waals surface area contributed by atoms with Crippen LogP contribution in [0.5, 0.6) is 11.5 Å². The Morgan fingerprint density at radius 2 is 1.86 bits per heavy atom. The van der Waals surface area contributed by atoms with Crippen LogP contribution in [0.2, 0.25) is 0 Å². The molecule has 0 unspecified atom stereocenters. The Balaban J connectivity index is 1.49. The van der Waals surface area contributed by atoms with Gasteiger partial charge in [0.1, 0.15) is 24.9 Å². The van der Waals surface area contributed by atoms with Crippen molar-refractivity contribution >= 4 is 17.2 Å². The molecule has 138 valence electrons. The summed E-state index contributed by atoms with van der Waals surface area (Å²) in [5, 5.41) is 8.93.